The number of nitrogens with two attached hydrogens (primary N) is 1. The van der Waals surface area contributed by atoms with Gasteiger partial charge in [0.2, 0.25) is 0 Å². The van der Waals surface area contributed by atoms with Crippen LogP contribution in [0.15, 0.2) is 10.2 Å². The standard InChI is InChI=1S/C6H10BrNO2/c1-3-10-6(9)5(7)4(2)8/h3,8H2,1-2H3/b5-4+. The Morgan fingerprint density at radius 2 is 2.20 bits per heavy atom. The van der Waals surface area contributed by atoms with Gasteiger partial charge in [-0.2, -0.15) is 0 Å². The van der Waals surface area contributed by atoms with E-state index in [9.17, 15) is 4.79 Å². The first kappa shape index (κ1) is 9.49. The zero-order chi connectivity index (χ0) is 8.15. The molecular formula is C6H10BrNO2. The molecule has 0 heterocycles. The van der Waals surface area contributed by atoms with E-state index in [0.717, 1.165) is 0 Å². The van der Waals surface area contributed by atoms with Crippen molar-refractivity contribution >= 4 is 21.9 Å². The van der Waals surface area contributed by atoms with E-state index in [1.54, 1.807) is 13.8 Å². The summed E-state index contributed by atoms with van der Waals surface area (Å²) in [7, 11) is 0. The first-order valence-corrected chi connectivity index (χ1v) is 3.67. The Labute approximate surface area is 68.4 Å². The lowest BCUT2D eigenvalue weighted by atomic mass is 10.4. The molecule has 58 valence electrons. The van der Waals surface area contributed by atoms with Crippen LogP contribution in [0, 0.1) is 0 Å². The average molecular weight is 208 g/mol. The van der Waals surface area contributed by atoms with Gasteiger partial charge in [0.15, 0.2) is 0 Å². The van der Waals surface area contributed by atoms with Gasteiger partial charge in [0.1, 0.15) is 4.48 Å². The molecule has 0 aliphatic carbocycles. The molecule has 4 heteroatoms. The minimum absolute atomic E-state index is 0.300. The Morgan fingerprint density at radius 1 is 1.70 bits per heavy atom. The lowest BCUT2D eigenvalue weighted by molar-refractivity contribution is -0.137. The molecule has 0 aromatic heterocycles. The van der Waals surface area contributed by atoms with Gasteiger partial charge in [-0.15, -0.1) is 0 Å². The van der Waals surface area contributed by atoms with Crippen LogP contribution < -0.4 is 5.73 Å². The fourth-order valence-corrected chi connectivity index (χ4v) is 0.470. The predicted molar refractivity (Wildman–Crippen MR) is 42.4 cm³/mol. The molecule has 0 bridgehead atoms. The Morgan fingerprint density at radius 3 is 2.50 bits per heavy atom. The van der Waals surface area contributed by atoms with E-state index in [1.165, 1.54) is 0 Å². The van der Waals surface area contributed by atoms with Crippen LogP contribution in [0.2, 0.25) is 0 Å². The molecule has 0 aromatic carbocycles. The zero-order valence-electron chi connectivity index (χ0n) is 5.98. The topological polar surface area (TPSA) is 52.3 Å². The van der Waals surface area contributed by atoms with Gasteiger partial charge in [-0.05, 0) is 29.8 Å². The molecule has 0 aliphatic heterocycles. The number of ether oxygens (including phenoxy) is 1. The number of hydrogen-bond acceptors (Lipinski definition) is 3. The summed E-state index contributed by atoms with van der Waals surface area (Å²) < 4.78 is 4.94. The summed E-state index contributed by atoms with van der Waals surface area (Å²) in [5.41, 5.74) is 5.73. The Balaban J connectivity index is 4.09. The second-order valence-electron chi connectivity index (χ2n) is 1.72. The molecule has 10 heavy (non-hydrogen) atoms. The Hall–Kier alpha value is -0.510. The minimum Gasteiger partial charge on any atom is -0.462 e. The number of allylic oxidation sites excluding steroid dienone is 1. The number of carbonyl (C=O) groups excluding carboxylic acids is 1. The first-order valence-electron chi connectivity index (χ1n) is 2.88. The maximum absolute atomic E-state index is 10.8. The number of rotatable bonds is 2. The van der Waals surface area contributed by atoms with Crippen LogP contribution in [-0.4, -0.2) is 12.6 Å². The van der Waals surface area contributed by atoms with Crippen molar-refractivity contribution in [2.24, 2.45) is 5.73 Å². The molecule has 0 saturated heterocycles. The number of esters is 1. The van der Waals surface area contributed by atoms with E-state index in [4.69, 9.17) is 5.73 Å². The van der Waals surface area contributed by atoms with Crippen molar-refractivity contribution in [2.75, 3.05) is 6.61 Å². The molecule has 2 N–H and O–H groups in total. The summed E-state index contributed by atoms with van der Waals surface area (Å²) in [4.78, 5) is 10.8. The Bertz CT molecular complexity index is 161. The maximum Gasteiger partial charge on any atom is 0.346 e. The fraction of sp³-hybridized carbons (Fsp3) is 0.500. The highest BCUT2D eigenvalue weighted by Gasteiger charge is 2.07. The number of halogens is 1. The molecule has 0 aromatic rings. The maximum atomic E-state index is 10.8. The third-order valence-corrected chi connectivity index (χ3v) is 1.75. The molecule has 0 rings (SSSR count). The van der Waals surface area contributed by atoms with Gasteiger partial charge in [-0.1, -0.05) is 0 Å². The van der Waals surface area contributed by atoms with E-state index < -0.39 is 5.97 Å². The molecule has 0 aliphatic rings. The zero-order valence-corrected chi connectivity index (χ0v) is 7.56. The first-order chi connectivity index (χ1) is 4.59. The average Bonchev–Trinajstić information content (AvgIpc) is 1.87. The third kappa shape index (κ3) is 2.87. The van der Waals surface area contributed by atoms with Crippen LogP contribution in [-0.2, 0) is 9.53 Å². The Kier molecular flexibility index (Phi) is 4.11. The molecule has 3 nitrogen and oxygen atoms in total. The van der Waals surface area contributed by atoms with Crippen molar-refractivity contribution in [2.45, 2.75) is 13.8 Å². The van der Waals surface area contributed by atoms with Crippen molar-refractivity contribution in [3.8, 4) is 0 Å². The van der Waals surface area contributed by atoms with Crippen LogP contribution in [0.4, 0.5) is 0 Å². The highest BCUT2D eigenvalue weighted by Crippen LogP contribution is 2.09. The smallest absolute Gasteiger partial charge is 0.346 e. The molecule has 0 saturated carbocycles. The minimum atomic E-state index is -0.414. The van der Waals surface area contributed by atoms with E-state index in [2.05, 4.69) is 20.7 Å². The van der Waals surface area contributed by atoms with Gasteiger partial charge in [-0.3, -0.25) is 0 Å². The largest absolute Gasteiger partial charge is 0.462 e. The molecular weight excluding hydrogens is 198 g/mol. The quantitative estimate of drug-likeness (QED) is 0.546. The van der Waals surface area contributed by atoms with Crippen LogP contribution in [0.1, 0.15) is 13.8 Å². The predicted octanol–water partition coefficient (Wildman–Crippen LogP) is 1.13. The summed E-state index contributed by atoms with van der Waals surface area (Å²) in [6, 6.07) is 0. The summed E-state index contributed by atoms with van der Waals surface area (Å²) in [5.74, 6) is -0.414. The highest BCUT2D eigenvalue weighted by atomic mass is 79.9. The normalized spacial score (nSPS) is 12.3. The molecule has 0 atom stereocenters. The van der Waals surface area contributed by atoms with Gasteiger partial charge >= 0.3 is 5.97 Å². The lowest BCUT2D eigenvalue weighted by Crippen LogP contribution is -2.08. The van der Waals surface area contributed by atoms with Crippen LogP contribution in [0.3, 0.4) is 0 Å². The van der Waals surface area contributed by atoms with Gasteiger partial charge in [-0.25, -0.2) is 4.79 Å². The van der Waals surface area contributed by atoms with Gasteiger partial charge in [0.05, 0.1) is 6.61 Å². The van der Waals surface area contributed by atoms with Crippen LogP contribution in [0.5, 0.6) is 0 Å². The fourth-order valence-electron chi connectivity index (χ4n) is 0.355. The highest BCUT2D eigenvalue weighted by molar-refractivity contribution is 9.12. The summed E-state index contributed by atoms with van der Waals surface area (Å²) in [6.45, 7) is 3.73. The monoisotopic (exact) mass is 207 g/mol. The molecule has 0 radical (unpaired) electrons. The van der Waals surface area contributed by atoms with Crippen molar-refractivity contribution < 1.29 is 9.53 Å². The van der Waals surface area contributed by atoms with Crippen LogP contribution in [0.25, 0.3) is 0 Å². The van der Waals surface area contributed by atoms with Crippen molar-refractivity contribution in [3.05, 3.63) is 10.2 Å². The van der Waals surface area contributed by atoms with E-state index in [1.807, 2.05) is 0 Å². The van der Waals surface area contributed by atoms with E-state index in [0.29, 0.717) is 16.8 Å². The second-order valence-corrected chi connectivity index (χ2v) is 2.51. The van der Waals surface area contributed by atoms with Gasteiger partial charge in [0.25, 0.3) is 0 Å². The van der Waals surface area contributed by atoms with Crippen molar-refractivity contribution in [1.82, 2.24) is 0 Å². The number of carbonyl (C=O) groups is 1. The summed E-state index contributed by atoms with van der Waals surface area (Å²) in [5, 5.41) is 0. The lowest BCUT2D eigenvalue weighted by Gasteiger charge is -2.00. The molecule has 0 amide bonds. The molecule has 0 unspecified atom stereocenters. The second kappa shape index (κ2) is 4.33. The van der Waals surface area contributed by atoms with Gasteiger partial charge in [0, 0.05) is 5.70 Å². The third-order valence-electron chi connectivity index (χ3n) is 0.801. The van der Waals surface area contributed by atoms with Crippen molar-refractivity contribution in [3.63, 3.8) is 0 Å². The van der Waals surface area contributed by atoms with Crippen molar-refractivity contribution in [1.29, 1.82) is 0 Å². The van der Waals surface area contributed by atoms with E-state index in [-0.39, 0.29) is 0 Å². The SMILES string of the molecule is CCOC(=O)/C(Br)=C(/C)N. The van der Waals surface area contributed by atoms with Crippen LogP contribution >= 0.6 is 15.9 Å². The van der Waals surface area contributed by atoms with Gasteiger partial charge < -0.3 is 10.5 Å². The molecule has 0 spiro atoms. The van der Waals surface area contributed by atoms with E-state index >= 15 is 0 Å². The number of hydrogen-bond donors (Lipinski definition) is 1. The molecule has 0 fully saturated rings. The summed E-state index contributed by atoms with van der Waals surface area (Å²) >= 11 is 2.99. The summed E-state index contributed by atoms with van der Waals surface area (Å²) in [6.07, 6.45) is 0.